The van der Waals surface area contributed by atoms with E-state index in [2.05, 4.69) is 10.6 Å². The van der Waals surface area contributed by atoms with Crippen LogP contribution in [0.3, 0.4) is 0 Å². The quantitative estimate of drug-likeness (QED) is 0.185. The molecular weight excluding hydrogens is 546 g/mol. The van der Waals surface area contributed by atoms with E-state index in [1.807, 2.05) is 0 Å². The summed E-state index contributed by atoms with van der Waals surface area (Å²) in [5, 5.41) is 17.5. The number of carbonyl (C=O) groups excluding carboxylic acids is 4. The number of nitrogens with zero attached hydrogens (tertiary/aromatic N) is 1. The number of hydrogen-bond acceptors (Lipinski definition) is 10. The second-order valence-electron chi connectivity index (χ2n) is 8.31. The first-order valence-corrected chi connectivity index (χ1v) is 13.5. The van der Waals surface area contributed by atoms with Crippen molar-refractivity contribution in [1.29, 1.82) is 0 Å². The van der Waals surface area contributed by atoms with E-state index in [4.69, 9.17) is 9.47 Å². The molecule has 206 valence electrons. The molecule has 0 aliphatic rings. The monoisotopic (exact) mass is 573 g/mol. The van der Waals surface area contributed by atoms with Crippen molar-refractivity contribution in [3.63, 3.8) is 0 Å². The lowest BCUT2D eigenvalue weighted by atomic mass is 10.1. The number of hydrogen-bond donors (Lipinski definition) is 2. The average Bonchev–Trinajstić information content (AvgIpc) is 3.31. The fourth-order valence-corrected chi connectivity index (χ4v) is 5.78. The third-order valence-electron chi connectivity index (χ3n) is 5.89. The minimum absolute atomic E-state index is 0.0909. The molecule has 2 amide bonds. The summed E-state index contributed by atoms with van der Waals surface area (Å²) < 4.78 is 10.2. The molecule has 1 aromatic carbocycles. The van der Waals surface area contributed by atoms with E-state index in [0.29, 0.717) is 11.1 Å². The van der Waals surface area contributed by atoms with Crippen LogP contribution in [0.2, 0.25) is 0 Å². The predicted molar refractivity (Wildman–Crippen MR) is 149 cm³/mol. The van der Waals surface area contributed by atoms with E-state index in [9.17, 15) is 29.3 Å². The SMILES string of the molecule is CCOC(=O)c1c(NC(=O)c2ccc(C(=O)Nc3sc(C)c(C)c3C(=O)OCC)c([N+](=O)[O-])c2)sc(C)c1C. The molecule has 2 N–H and O–H groups in total. The standard InChI is InChI=1S/C26H27N3O8S2/c1-7-36-25(32)19-12(3)14(5)38-23(19)27-21(30)16-9-10-17(18(11-16)29(34)35)22(31)28-24-20(26(33)37-8-2)13(4)15(6)39-24/h9-11H,7-8H2,1-6H3,(H,27,30)(H,28,31). The Bertz CT molecular complexity index is 1490. The molecule has 2 aromatic heterocycles. The molecule has 0 saturated heterocycles. The Labute approximate surface area is 232 Å². The minimum Gasteiger partial charge on any atom is -0.462 e. The van der Waals surface area contributed by atoms with Crippen molar-refractivity contribution in [2.75, 3.05) is 23.8 Å². The summed E-state index contributed by atoms with van der Waals surface area (Å²) in [7, 11) is 0. The van der Waals surface area contributed by atoms with Gasteiger partial charge in [-0.05, 0) is 64.8 Å². The fourth-order valence-electron chi connectivity index (χ4n) is 3.69. The van der Waals surface area contributed by atoms with Crippen LogP contribution in [0.15, 0.2) is 18.2 Å². The Morgan fingerprint density at radius 1 is 0.821 bits per heavy atom. The average molecular weight is 574 g/mol. The maximum absolute atomic E-state index is 13.1. The van der Waals surface area contributed by atoms with Crippen LogP contribution in [0.1, 0.15) is 76.2 Å². The molecule has 0 aliphatic heterocycles. The molecule has 13 heteroatoms. The summed E-state index contributed by atoms with van der Waals surface area (Å²) in [5.41, 5.74) is 0.704. The number of anilines is 2. The van der Waals surface area contributed by atoms with Gasteiger partial charge in [-0.2, -0.15) is 0 Å². The van der Waals surface area contributed by atoms with Crippen LogP contribution in [0.4, 0.5) is 15.7 Å². The van der Waals surface area contributed by atoms with Gasteiger partial charge in [0.2, 0.25) is 0 Å². The van der Waals surface area contributed by atoms with Gasteiger partial charge in [0.25, 0.3) is 17.5 Å². The predicted octanol–water partition coefficient (Wildman–Crippen LogP) is 5.81. The first-order valence-electron chi connectivity index (χ1n) is 11.9. The summed E-state index contributed by atoms with van der Waals surface area (Å²) in [6.07, 6.45) is 0. The van der Waals surface area contributed by atoms with E-state index in [1.54, 1.807) is 41.5 Å². The van der Waals surface area contributed by atoms with Crippen molar-refractivity contribution in [1.82, 2.24) is 0 Å². The first kappa shape index (κ1) is 29.5. The summed E-state index contributed by atoms with van der Waals surface area (Å²) in [4.78, 5) is 63.6. The lowest BCUT2D eigenvalue weighted by Gasteiger charge is -2.10. The number of esters is 2. The molecule has 0 radical (unpaired) electrons. The molecule has 2 heterocycles. The normalized spacial score (nSPS) is 10.6. The van der Waals surface area contributed by atoms with Crippen molar-refractivity contribution >= 4 is 62.1 Å². The molecule has 39 heavy (non-hydrogen) atoms. The minimum atomic E-state index is -0.824. The highest BCUT2D eigenvalue weighted by Crippen LogP contribution is 2.35. The molecule has 3 rings (SSSR count). The van der Waals surface area contributed by atoms with Gasteiger partial charge in [0.15, 0.2) is 0 Å². The van der Waals surface area contributed by atoms with Crippen molar-refractivity contribution in [3.8, 4) is 0 Å². The maximum Gasteiger partial charge on any atom is 0.341 e. The third kappa shape index (κ3) is 6.15. The zero-order chi connectivity index (χ0) is 29.0. The first-order chi connectivity index (χ1) is 18.4. The van der Waals surface area contributed by atoms with Crippen molar-refractivity contribution < 1.29 is 33.6 Å². The highest BCUT2D eigenvalue weighted by molar-refractivity contribution is 7.17. The van der Waals surface area contributed by atoms with Gasteiger partial charge in [-0.15, -0.1) is 22.7 Å². The van der Waals surface area contributed by atoms with E-state index in [-0.39, 0.29) is 45.5 Å². The molecule has 0 spiro atoms. The Morgan fingerprint density at radius 3 is 1.72 bits per heavy atom. The number of aryl methyl sites for hydroxylation is 2. The van der Waals surface area contributed by atoms with E-state index in [1.165, 1.54) is 17.4 Å². The number of thiophene rings is 2. The van der Waals surface area contributed by atoms with E-state index in [0.717, 1.165) is 33.2 Å². The summed E-state index contributed by atoms with van der Waals surface area (Å²) in [5.74, 6) is -2.73. The smallest absolute Gasteiger partial charge is 0.341 e. The number of benzene rings is 1. The Kier molecular flexibility index (Phi) is 9.20. The van der Waals surface area contributed by atoms with Crippen molar-refractivity contribution in [2.45, 2.75) is 41.5 Å². The number of ether oxygens (including phenoxy) is 2. The summed E-state index contributed by atoms with van der Waals surface area (Å²) in [6.45, 7) is 10.6. The van der Waals surface area contributed by atoms with Crippen LogP contribution in [-0.2, 0) is 9.47 Å². The number of nitro groups is 1. The van der Waals surface area contributed by atoms with Crippen molar-refractivity contribution in [2.24, 2.45) is 0 Å². The summed E-state index contributed by atoms with van der Waals surface area (Å²) in [6, 6.07) is 3.42. The largest absolute Gasteiger partial charge is 0.462 e. The number of nitrogens with one attached hydrogen (secondary N) is 2. The van der Waals surface area contributed by atoms with Crippen LogP contribution in [0.25, 0.3) is 0 Å². The molecule has 0 saturated carbocycles. The Hall–Kier alpha value is -4.10. The molecule has 0 atom stereocenters. The molecular formula is C26H27N3O8S2. The Morgan fingerprint density at radius 2 is 1.28 bits per heavy atom. The number of amides is 2. The highest BCUT2D eigenvalue weighted by Gasteiger charge is 2.28. The zero-order valence-corrected chi connectivity index (χ0v) is 23.8. The molecule has 11 nitrogen and oxygen atoms in total. The van der Waals surface area contributed by atoms with Gasteiger partial charge in [0.05, 0.1) is 29.3 Å². The number of carbonyl (C=O) groups is 4. The molecule has 0 unspecified atom stereocenters. The van der Waals surface area contributed by atoms with Crippen LogP contribution in [0, 0.1) is 37.8 Å². The summed E-state index contributed by atoms with van der Waals surface area (Å²) >= 11 is 2.33. The van der Waals surface area contributed by atoms with Gasteiger partial charge >= 0.3 is 11.9 Å². The van der Waals surface area contributed by atoms with E-state index >= 15 is 0 Å². The highest BCUT2D eigenvalue weighted by atomic mass is 32.1. The van der Waals surface area contributed by atoms with E-state index < -0.39 is 34.4 Å². The van der Waals surface area contributed by atoms with Crippen LogP contribution in [0.5, 0.6) is 0 Å². The molecule has 3 aromatic rings. The molecule has 0 aliphatic carbocycles. The van der Waals surface area contributed by atoms with Crippen LogP contribution >= 0.6 is 22.7 Å². The van der Waals surface area contributed by atoms with Gasteiger partial charge in [0.1, 0.15) is 15.6 Å². The Balaban J connectivity index is 1.92. The molecule has 0 fully saturated rings. The fraction of sp³-hybridized carbons (Fsp3) is 0.308. The molecule has 0 bridgehead atoms. The van der Waals surface area contributed by atoms with Gasteiger partial charge < -0.3 is 20.1 Å². The third-order valence-corrected chi connectivity index (χ3v) is 8.13. The van der Waals surface area contributed by atoms with Gasteiger partial charge in [-0.1, -0.05) is 0 Å². The van der Waals surface area contributed by atoms with Crippen LogP contribution in [-0.4, -0.2) is 41.9 Å². The lowest BCUT2D eigenvalue weighted by molar-refractivity contribution is -0.385. The number of rotatable bonds is 9. The van der Waals surface area contributed by atoms with Gasteiger partial charge in [-0.25, -0.2) is 9.59 Å². The van der Waals surface area contributed by atoms with Gasteiger partial charge in [0, 0.05) is 21.4 Å². The lowest BCUT2D eigenvalue weighted by Crippen LogP contribution is -2.18. The second kappa shape index (κ2) is 12.2. The van der Waals surface area contributed by atoms with Gasteiger partial charge in [-0.3, -0.25) is 19.7 Å². The zero-order valence-electron chi connectivity index (χ0n) is 22.2. The second-order valence-corrected chi connectivity index (χ2v) is 10.8. The van der Waals surface area contributed by atoms with Crippen molar-refractivity contribution in [3.05, 3.63) is 71.4 Å². The number of nitro benzene ring substituents is 1. The maximum atomic E-state index is 13.1. The van der Waals surface area contributed by atoms with Crippen LogP contribution < -0.4 is 10.6 Å². The topological polar surface area (TPSA) is 154 Å².